The Morgan fingerprint density at radius 2 is 1.90 bits per heavy atom. The Bertz CT molecular complexity index is 1030. The molecule has 3 aromatic rings. The predicted octanol–water partition coefficient (Wildman–Crippen LogP) is 3.92. The van der Waals surface area contributed by atoms with Crippen molar-refractivity contribution in [2.45, 2.75) is 19.5 Å². The maximum Gasteiger partial charge on any atom is 0.417 e. The molecule has 2 heterocycles. The topological polar surface area (TPSA) is 60.2 Å². The Labute approximate surface area is 171 Å². The molecule has 9 heteroatoms. The fraction of sp³-hybridized carbons (Fsp3) is 0.286. The number of aromatic nitrogens is 3. The normalized spacial score (nSPS) is 11.4. The highest BCUT2D eigenvalue weighted by atomic mass is 19.4. The van der Waals surface area contributed by atoms with Crippen LogP contribution in [0, 0.1) is 6.92 Å². The standard InChI is InChI=1S/C21H21F3N4O2/c1-14-17(13-26-28(14)19-9-8-16(12-25-19)21(22,23)24)20(29)27(2)11-10-15-6-4-5-7-18(15)30-3/h4-9,12-13H,10-11H2,1-3H3. The van der Waals surface area contributed by atoms with Crippen LogP contribution < -0.4 is 4.74 Å². The van der Waals surface area contributed by atoms with E-state index >= 15 is 0 Å². The van der Waals surface area contributed by atoms with Gasteiger partial charge in [0.15, 0.2) is 5.82 Å². The van der Waals surface area contributed by atoms with Crippen molar-refractivity contribution < 1.29 is 22.7 Å². The summed E-state index contributed by atoms with van der Waals surface area (Å²) in [6.07, 6.45) is -1.70. The quantitative estimate of drug-likeness (QED) is 0.609. The lowest BCUT2D eigenvalue weighted by atomic mass is 10.1. The fourth-order valence-electron chi connectivity index (χ4n) is 3.03. The number of ether oxygens (including phenoxy) is 1. The van der Waals surface area contributed by atoms with Gasteiger partial charge in [-0.05, 0) is 37.1 Å². The Kier molecular flexibility index (Phi) is 6.09. The van der Waals surface area contributed by atoms with Crippen LogP contribution in [0.3, 0.4) is 0 Å². The van der Waals surface area contributed by atoms with Crippen molar-refractivity contribution >= 4 is 5.91 Å². The van der Waals surface area contributed by atoms with Crippen LogP contribution >= 0.6 is 0 Å². The first-order valence-corrected chi connectivity index (χ1v) is 9.18. The Balaban J connectivity index is 1.73. The van der Waals surface area contributed by atoms with Crippen molar-refractivity contribution in [3.05, 3.63) is 71.2 Å². The molecule has 0 aliphatic rings. The molecule has 1 aromatic carbocycles. The van der Waals surface area contributed by atoms with E-state index in [9.17, 15) is 18.0 Å². The van der Waals surface area contributed by atoms with Crippen molar-refractivity contribution in [3.63, 3.8) is 0 Å². The number of pyridine rings is 1. The molecule has 2 aromatic heterocycles. The number of amides is 1. The molecule has 0 spiro atoms. The minimum Gasteiger partial charge on any atom is -0.496 e. The summed E-state index contributed by atoms with van der Waals surface area (Å²) in [6, 6.07) is 9.75. The van der Waals surface area contributed by atoms with Gasteiger partial charge in [0, 0.05) is 19.8 Å². The summed E-state index contributed by atoms with van der Waals surface area (Å²) in [5.41, 5.74) is 1.00. The molecule has 158 valence electrons. The lowest BCUT2D eigenvalue weighted by Crippen LogP contribution is -2.29. The SMILES string of the molecule is COc1ccccc1CCN(C)C(=O)c1cnn(-c2ccc(C(F)(F)F)cn2)c1C. The Hall–Kier alpha value is -3.36. The van der Waals surface area contributed by atoms with Crippen molar-refractivity contribution in [2.24, 2.45) is 0 Å². The summed E-state index contributed by atoms with van der Waals surface area (Å²) in [5, 5.41) is 4.13. The maximum atomic E-state index is 12.8. The molecule has 0 N–H and O–H groups in total. The Morgan fingerprint density at radius 3 is 2.53 bits per heavy atom. The number of benzene rings is 1. The number of hydrogen-bond acceptors (Lipinski definition) is 4. The van der Waals surface area contributed by atoms with Crippen LogP contribution in [0.1, 0.15) is 27.2 Å². The van der Waals surface area contributed by atoms with Crippen molar-refractivity contribution in [2.75, 3.05) is 20.7 Å². The van der Waals surface area contributed by atoms with Gasteiger partial charge in [-0.1, -0.05) is 18.2 Å². The van der Waals surface area contributed by atoms with Crippen LogP contribution in [0.4, 0.5) is 13.2 Å². The average Bonchev–Trinajstić information content (AvgIpc) is 3.12. The van der Waals surface area contributed by atoms with Crippen LogP contribution in [0.5, 0.6) is 5.75 Å². The lowest BCUT2D eigenvalue weighted by molar-refractivity contribution is -0.137. The van der Waals surface area contributed by atoms with Gasteiger partial charge in [-0.3, -0.25) is 4.79 Å². The molecule has 3 rings (SSSR count). The number of likely N-dealkylation sites (N-methyl/N-ethyl adjacent to an activating group) is 1. The number of nitrogens with zero attached hydrogens (tertiary/aromatic N) is 4. The summed E-state index contributed by atoms with van der Waals surface area (Å²) in [4.78, 5) is 18.2. The maximum absolute atomic E-state index is 12.8. The molecule has 0 radical (unpaired) electrons. The summed E-state index contributed by atoms with van der Waals surface area (Å²) < 4.78 is 44.8. The van der Waals surface area contributed by atoms with Crippen molar-refractivity contribution in [1.29, 1.82) is 0 Å². The molecule has 0 unspecified atom stereocenters. The van der Waals surface area contributed by atoms with Gasteiger partial charge in [0.25, 0.3) is 5.91 Å². The third-order valence-corrected chi connectivity index (χ3v) is 4.79. The van der Waals surface area contributed by atoms with Gasteiger partial charge >= 0.3 is 6.18 Å². The minimum absolute atomic E-state index is 0.205. The highest BCUT2D eigenvalue weighted by Gasteiger charge is 2.31. The zero-order valence-electron chi connectivity index (χ0n) is 16.8. The van der Waals surface area contributed by atoms with E-state index in [1.807, 2.05) is 24.3 Å². The van der Waals surface area contributed by atoms with Gasteiger partial charge in [0.2, 0.25) is 0 Å². The molecule has 0 fully saturated rings. The van der Waals surface area contributed by atoms with Crippen LogP contribution in [-0.4, -0.2) is 46.3 Å². The smallest absolute Gasteiger partial charge is 0.417 e. The molecular formula is C21H21F3N4O2. The number of methoxy groups -OCH3 is 1. The number of hydrogen-bond donors (Lipinski definition) is 0. The first-order valence-electron chi connectivity index (χ1n) is 9.18. The zero-order valence-corrected chi connectivity index (χ0v) is 16.8. The van der Waals surface area contributed by atoms with E-state index in [2.05, 4.69) is 10.1 Å². The van der Waals surface area contributed by atoms with Gasteiger partial charge < -0.3 is 9.64 Å². The number of alkyl halides is 3. The first-order chi connectivity index (χ1) is 14.2. The van der Waals surface area contributed by atoms with E-state index in [1.165, 1.54) is 16.9 Å². The number of carbonyl (C=O) groups is 1. The molecule has 0 saturated heterocycles. The second kappa shape index (κ2) is 8.56. The van der Waals surface area contributed by atoms with Crippen LogP contribution in [0.15, 0.2) is 48.8 Å². The molecule has 1 amide bonds. The van der Waals surface area contributed by atoms with E-state index in [4.69, 9.17) is 4.74 Å². The molecule has 0 aliphatic heterocycles. The van der Waals surface area contributed by atoms with Crippen molar-refractivity contribution in [1.82, 2.24) is 19.7 Å². The molecule has 0 bridgehead atoms. The minimum atomic E-state index is -4.46. The summed E-state index contributed by atoms with van der Waals surface area (Å²) in [7, 11) is 3.28. The second-order valence-electron chi connectivity index (χ2n) is 6.75. The van der Waals surface area contributed by atoms with E-state index < -0.39 is 11.7 Å². The van der Waals surface area contributed by atoms with Gasteiger partial charge in [-0.2, -0.15) is 18.3 Å². The number of para-hydroxylation sites is 1. The second-order valence-corrected chi connectivity index (χ2v) is 6.75. The van der Waals surface area contributed by atoms with Gasteiger partial charge in [-0.15, -0.1) is 0 Å². The van der Waals surface area contributed by atoms with Crippen LogP contribution in [0.25, 0.3) is 5.82 Å². The van der Waals surface area contributed by atoms with Crippen LogP contribution in [0.2, 0.25) is 0 Å². The lowest BCUT2D eigenvalue weighted by Gasteiger charge is -2.18. The van der Waals surface area contributed by atoms with E-state index in [1.54, 1.807) is 26.0 Å². The summed E-state index contributed by atoms with van der Waals surface area (Å²) in [5.74, 6) is 0.729. The molecule has 0 saturated carbocycles. The molecule has 6 nitrogen and oxygen atoms in total. The van der Waals surface area contributed by atoms with Gasteiger partial charge in [-0.25, -0.2) is 9.67 Å². The number of carbonyl (C=O) groups excluding carboxylic acids is 1. The first kappa shape index (κ1) is 21.4. The molecule has 0 aliphatic carbocycles. The average molecular weight is 418 g/mol. The zero-order chi connectivity index (χ0) is 21.9. The number of halogens is 3. The van der Waals surface area contributed by atoms with Crippen LogP contribution in [-0.2, 0) is 12.6 Å². The largest absolute Gasteiger partial charge is 0.496 e. The molecule has 0 atom stereocenters. The third-order valence-electron chi connectivity index (χ3n) is 4.79. The van der Waals surface area contributed by atoms with E-state index in [0.29, 0.717) is 24.2 Å². The van der Waals surface area contributed by atoms with E-state index in [-0.39, 0.29) is 11.7 Å². The Morgan fingerprint density at radius 1 is 1.17 bits per heavy atom. The predicted molar refractivity (Wildman–Crippen MR) is 105 cm³/mol. The van der Waals surface area contributed by atoms with Gasteiger partial charge in [0.05, 0.1) is 30.1 Å². The summed E-state index contributed by atoms with van der Waals surface area (Å²) in [6.45, 7) is 2.13. The fourth-order valence-corrected chi connectivity index (χ4v) is 3.03. The highest BCUT2D eigenvalue weighted by molar-refractivity contribution is 5.95. The van der Waals surface area contributed by atoms with Crippen molar-refractivity contribution in [3.8, 4) is 11.6 Å². The third kappa shape index (κ3) is 4.45. The molecular weight excluding hydrogens is 397 g/mol. The summed E-state index contributed by atoms with van der Waals surface area (Å²) >= 11 is 0. The van der Waals surface area contributed by atoms with E-state index in [0.717, 1.165) is 23.6 Å². The number of rotatable bonds is 6. The molecule has 30 heavy (non-hydrogen) atoms. The monoisotopic (exact) mass is 418 g/mol. The van der Waals surface area contributed by atoms with Gasteiger partial charge in [0.1, 0.15) is 5.75 Å². The highest BCUT2D eigenvalue weighted by Crippen LogP contribution is 2.29.